The molecule has 7 heterocycles. The topological polar surface area (TPSA) is 174 Å². The molecule has 0 fully saturated rings. The van der Waals surface area contributed by atoms with Crippen LogP contribution in [0.25, 0.3) is 90.9 Å². The van der Waals surface area contributed by atoms with E-state index in [9.17, 15) is 25.9 Å². The van der Waals surface area contributed by atoms with Gasteiger partial charge in [-0.1, -0.05) is 60.7 Å². The van der Waals surface area contributed by atoms with Gasteiger partial charge in [0.05, 0.1) is 34.3 Å². The number of H-pyrrole nitrogens is 2. The Bertz CT molecular complexity index is 3050. The summed E-state index contributed by atoms with van der Waals surface area (Å²) in [5.41, 5.74) is 13.7. The van der Waals surface area contributed by atoms with Crippen molar-refractivity contribution in [2.45, 2.75) is 25.9 Å². The molecular formula is C48H42N6O6S2+2. The average Bonchev–Trinajstić information content (AvgIpc) is 4.10. The molecule has 7 aromatic rings. The molecule has 0 saturated heterocycles. The Morgan fingerprint density at radius 3 is 1.00 bits per heavy atom. The minimum atomic E-state index is -4.06. The smallest absolute Gasteiger partial charge is 0.265 e. The van der Waals surface area contributed by atoms with E-state index in [-0.39, 0.29) is 24.3 Å². The summed E-state index contributed by atoms with van der Waals surface area (Å²) in [5.74, 6) is -0.633. The molecular weight excluding hydrogens is 821 g/mol. The second kappa shape index (κ2) is 16.9. The Morgan fingerprint density at radius 1 is 0.419 bits per heavy atom. The number of hydrogen-bond acceptors (Lipinski definition) is 6. The minimum Gasteiger partial charge on any atom is -0.354 e. The summed E-state index contributed by atoms with van der Waals surface area (Å²) in [5, 5.41) is 0. The zero-order chi connectivity index (χ0) is 42.8. The van der Waals surface area contributed by atoms with E-state index in [1.165, 1.54) is 0 Å². The zero-order valence-electron chi connectivity index (χ0n) is 33.4. The van der Waals surface area contributed by atoms with Crippen LogP contribution in [-0.4, -0.2) is 57.4 Å². The number of nitrogens with zero attached hydrogens (tertiary/aromatic N) is 4. The van der Waals surface area contributed by atoms with Crippen molar-refractivity contribution in [1.82, 2.24) is 19.9 Å². The zero-order valence-corrected chi connectivity index (χ0v) is 35.0. The van der Waals surface area contributed by atoms with Gasteiger partial charge < -0.3 is 9.97 Å². The quantitative estimate of drug-likeness (QED) is 0.0700. The molecule has 14 heteroatoms. The molecule has 5 aromatic heterocycles. The van der Waals surface area contributed by atoms with Crippen LogP contribution in [0.3, 0.4) is 0 Å². The molecule has 4 N–H and O–H groups in total. The number of rotatable bonds is 12. The van der Waals surface area contributed by atoms with Crippen LogP contribution < -0.4 is 9.13 Å². The predicted molar refractivity (Wildman–Crippen MR) is 243 cm³/mol. The molecule has 8 bridgehead atoms. The number of nitrogens with one attached hydrogen (secondary N) is 2. The van der Waals surface area contributed by atoms with Gasteiger partial charge in [-0.2, -0.15) is 16.8 Å². The van der Waals surface area contributed by atoms with Crippen LogP contribution in [0.4, 0.5) is 0 Å². The fourth-order valence-corrected chi connectivity index (χ4v) is 9.02. The maximum absolute atomic E-state index is 11.4. The van der Waals surface area contributed by atoms with E-state index in [0.29, 0.717) is 13.1 Å². The number of aryl methyl sites for hydroxylation is 2. The third-order valence-electron chi connectivity index (χ3n) is 10.9. The molecule has 0 aliphatic carbocycles. The first-order valence-corrected chi connectivity index (χ1v) is 23.3. The number of fused-ring (bicyclic) bond motifs is 8. The largest absolute Gasteiger partial charge is 0.354 e. The number of pyridine rings is 2. The molecule has 9 rings (SSSR count). The molecule has 310 valence electrons. The Hall–Kier alpha value is -6.84. The summed E-state index contributed by atoms with van der Waals surface area (Å²) in [6, 6.07) is 36.5. The monoisotopic (exact) mass is 862 g/mol. The molecule has 0 unspecified atom stereocenters. The van der Waals surface area contributed by atoms with Crippen molar-refractivity contribution in [3.63, 3.8) is 0 Å². The number of hydrogen-bond donors (Lipinski definition) is 4. The van der Waals surface area contributed by atoms with E-state index in [1.54, 1.807) is 0 Å². The molecule has 2 aromatic carbocycles. The summed E-state index contributed by atoms with van der Waals surface area (Å²) < 4.78 is 67.8. The third kappa shape index (κ3) is 8.94. The van der Waals surface area contributed by atoms with Gasteiger partial charge in [-0.15, -0.1) is 0 Å². The molecule has 0 saturated carbocycles. The van der Waals surface area contributed by atoms with Crippen LogP contribution in [-0.2, 0) is 33.3 Å². The lowest BCUT2D eigenvalue weighted by Gasteiger charge is -2.07. The fraction of sp³-hybridized carbons (Fsp3) is 0.125. The van der Waals surface area contributed by atoms with Gasteiger partial charge in [0.25, 0.3) is 20.2 Å². The van der Waals surface area contributed by atoms with Gasteiger partial charge >= 0.3 is 0 Å². The predicted octanol–water partition coefficient (Wildman–Crippen LogP) is 8.45. The highest BCUT2D eigenvalue weighted by Crippen LogP contribution is 2.38. The fourth-order valence-electron chi connectivity index (χ4n) is 8.04. The number of benzene rings is 2. The van der Waals surface area contributed by atoms with Gasteiger partial charge in [-0.25, -0.2) is 19.1 Å². The second-order valence-corrected chi connectivity index (χ2v) is 18.3. The molecule has 2 aliphatic heterocycles. The van der Waals surface area contributed by atoms with Crippen molar-refractivity contribution < 1.29 is 35.1 Å². The SMILES string of the molecule is O=S(=O)(O)CCC[n+]1ccc(-c2c3nc(c(-c4ccccc4)c4ccc([nH]4)c(-c4cc[n+](CCCS(=O)(=O)O)cc4)c4nc(c(-c5ccccc5)c5ccc2[nH]5)C=C4)C=C3)cc1. The Morgan fingerprint density at radius 2 is 0.710 bits per heavy atom. The highest BCUT2D eigenvalue weighted by molar-refractivity contribution is 7.86. The highest BCUT2D eigenvalue weighted by atomic mass is 32.2. The van der Waals surface area contributed by atoms with Crippen LogP contribution in [0.2, 0.25) is 0 Å². The first kappa shape index (κ1) is 40.6. The second-order valence-electron chi connectivity index (χ2n) is 15.2. The average molecular weight is 863 g/mol. The molecule has 0 atom stereocenters. The Balaban J connectivity index is 1.30. The maximum atomic E-state index is 11.4. The van der Waals surface area contributed by atoms with Crippen molar-refractivity contribution in [2.24, 2.45) is 0 Å². The minimum absolute atomic E-state index is 0.272. The van der Waals surface area contributed by atoms with Crippen molar-refractivity contribution >= 4 is 66.6 Å². The Labute approximate surface area is 358 Å². The standard InChI is InChI=1S/C48H40N6O6S2/c55-61(56,57)31-7-25-53-27-21-35(22-28-53)47-41-17-13-37(49-41)45(33-9-3-1-4-10-33)38-14-18-42(50-38)48(36-23-29-54(30-24-36)26-8-32-62(58,59)60)44-20-16-40(52-44)46(34-11-5-2-6-12-34)39-15-19-43(47)51-39/h1-6,9-24,27-30H,7-8,25-26,31-32H2,(H2-,49,50,51,52,55,56,57,58,59,60)/p+2. The van der Waals surface area contributed by atoms with Crippen LogP contribution in [0, 0.1) is 0 Å². The van der Waals surface area contributed by atoms with Crippen molar-refractivity contribution in [2.75, 3.05) is 11.5 Å². The first-order chi connectivity index (χ1) is 30.0. The van der Waals surface area contributed by atoms with Gasteiger partial charge in [-0.3, -0.25) is 9.11 Å². The molecule has 62 heavy (non-hydrogen) atoms. The van der Waals surface area contributed by atoms with Crippen LogP contribution in [0.5, 0.6) is 0 Å². The van der Waals surface area contributed by atoms with Gasteiger partial charge in [0.1, 0.15) is 13.1 Å². The lowest BCUT2D eigenvalue weighted by atomic mass is 10.0. The summed E-state index contributed by atoms with van der Waals surface area (Å²) >= 11 is 0. The third-order valence-corrected chi connectivity index (χ3v) is 12.5. The van der Waals surface area contributed by atoms with Crippen LogP contribution in [0.15, 0.2) is 134 Å². The molecule has 0 spiro atoms. The van der Waals surface area contributed by atoms with E-state index in [1.807, 2.05) is 119 Å². The molecule has 0 radical (unpaired) electrons. The van der Waals surface area contributed by atoms with Gasteiger partial charge in [0.15, 0.2) is 24.8 Å². The summed E-state index contributed by atoms with van der Waals surface area (Å²) in [7, 11) is -8.11. The summed E-state index contributed by atoms with van der Waals surface area (Å²) in [6.07, 6.45) is 16.3. The van der Waals surface area contributed by atoms with E-state index in [4.69, 9.17) is 9.97 Å². The van der Waals surface area contributed by atoms with Gasteiger partial charge in [0.2, 0.25) is 0 Å². The normalized spacial score (nSPS) is 12.5. The first-order valence-electron chi connectivity index (χ1n) is 20.1. The van der Waals surface area contributed by atoms with Gasteiger partial charge in [0, 0.05) is 81.4 Å². The van der Waals surface area contributed by atoms with Crippen LogP contribution >= 0.6 is 0 Å². The number of aromatic amines is 2. The summed E-state index contributed by atoms with van der Waals surface area (Å²) in [4.78, 5) is 18.2. The van der Waals surface area contributed by atoms with Crippen molar-refractivity contribution in [3.8, 4) is 44.5 Å². The van der Waals surface area contributed by atoms with Crippen molar-refractivity contribution in [1.29, 1.82) is 0 Å². The van der Waals surface area contributed by atoms with Gasteiger partial charge in [-0.05, 0) is 70.8 Å². The lowest BCUT2D eigenvalue weighted by Crippen LogP contribution is -2.33. The summed E-state index contributed by atoms with van der Waals surface area (Å²) in [6.45, 7) is 0.836. The Kier molecular flexibility index (Phi) is 11.1. The maximum Gasteiger partial charge on any atom is 0.265 e. The number of aromatic nitrogens is 6. The van der Waals surface area contributed by atoms with Crippen molar-refractivity contribution in [3.05, 3.63) is 157 Å². The highest BCUT2D eigenvalue weighted by Gasteiger charge is 2.20. The molecule has 0 amide bonds. The van der Waals surface area contributed by atoms with Crippen LogP contribution in [0.1, 0.15) is 35.6 Å². The van der Waals surface area contributed by atoms with E-state index in [0.717, 1.165) is 89.4 Å². The lowest BCUT2D eigenvalue weighted by molar-refractivity contribution is -0.696. The van der Waals surface area contributed by atoms with E-state index < -0.39 is 20.2 Å². The molecule has 2 aliphatic rings. The van der Waals surface area contributed by atoms with E-state index in [2.05, 4.69) is 58.5 Å². The van der Waals surface area contributed by atoms with E-state index >= 15 is 0 Å². The molecule has 12 nitrogen and oxygen atoms in total.